The SMILES string of the molecule is C(=C\c1cc2ccccc2[nH]1)/c1cnsn1. The minimum absolute atomic E-state index is 0.892. The van der Waals surface area contributed by atoms with Gasteiger partial charge >= 0.3 is 0 Å². The molecule has 0 fully saturated rings. The molecule has 0 saturated heterocycles. The molecule has 4 heteroatoms. The predicted molar refractivity (Wildman–Crippen MR) is 67.1 cm³/mol. The zero-order valence-electron chi connectivity index (χ0n) is 8.42. The Balaban J connectivity index is 1.95. The Kier molecular flexibility index (Phi) is 2.27. The maximum atomic E-state index is 4.12. The van der Waals surface area contributed by atoms with Crippen LogP contribution in [0.1, 0.15) is 11.4 Å². The van der Waals surface area contributed by atoms with E-state index in [0.717, 1.165) is 16.9 Å². The van der Waals surface area contributed by atoms with Gasteiger partial charge in [-0.3, -0.25) is 0 Å². The molecule has 0 spiro atoms. The van der Waals surface area contributed by atoms with Crippen LogP contribution >= 0.6 is 11.7 Å². The highest BCUT2D eigenvalue weighted by Crippen LogP contribution is 2.16. The number of aromatic nitrogens is 3. The van der Waals surface area contributed by atoms with E-state index >= 15 is 0 Å². The fourth-order valence-corrected chi connectivity index (χ4v) is 2.01. The normalized spacial score (nSPS) is 11.5. The first-order valence-corrected chi connectivity index (χ1v) is 5.68. The van der Waals surface area contributed by atoms with Crippen LogP contribution in [0, 0.1) is 0 Å². The number of hydrogen-bond donors (Lipinski definition) is 1. The van der Waals surface area contributed by atoms with E-state index in [-0.39, 0.29) is 0 Å². The number of nitrogens with zero attached hydrogens (tertiary/aromatic N) is 2. The van der Waals surface area contributed by atoms with E-state index in [4.69, 9.17) is 0 Å². The van der Waals surface area contributed by atoms with Crippen molar-refractivity contribution in [3.8, 4) is 0 Å². The number of H-pyrrole nitrogens is 1. The van der Waals surface area contributed by atoms with Crippen LogP contribution in [0.25, 0.3) is 23.1 Å². The van der Waals surface area contributed by atoms with E-state index in [1.807, 2.05) is 24.3 Å². The number of benzene rings is 1. The molecule has 0 bridgehead atoms. The third-order valence-corrected chi connectivity index (χ3v) is 2.85. The van der Waals surface area contributed by atoms with Crippen LogP contribution in [-0.4, -0.2) is 13.7 Å². The van der Waals surface area contributed by atoms with Crippen LogP contribution in [0.5, 0.6) is 0 Å². The van der Waals surface area contributed by atoms with Crippen LogP contribution in [0.4, 0.5) is 0 Å². The van der Waals surface area contributed by atoms with Crippen molar-refractivity contribution in [2.24, 2.45) is 0 Å². The molecule has 0 aliphatic rings. The average molecular weight is 227 g/mol. The largest absolute Gasteiger partial charge is 0.355 e. The maximum Gasteiger partial charge on any atom is 0.0970 e. The Morgan fingerprint density at radius 2 is 2.12 bits per heavy atom. The predicted octanol–water partition coefficient (Wildman–Crippen LogP) is 3.19. The second-order valence-electron chi connectivity index (χ2n) is 3.48. The molecule has 0 unspecified atom stereocenters. The first kappa shape index (κ1) is 9.30. The Morgan fingerprint density at radius 3 is 2.94 bits per heavy atom. The van der Waals surface area contributed by atoms with Crippen LogP contribution < -0.4 is 0 Å². The highest BCUT2D eigenvalue weighted by Gasteiger charge is 1.96. The highest BCUT2D eigenvalue weighted by molar-refractivity contribution is 6.99. The molecular weight excluding hydrogens is 218 g/mol. The van der Waals surface area contributed by atoms with Gasteiger partial charge in [-0.25, -0.2) is 0 Å². The lowest BCUT2D eigenvalue weighted by Crippen LogP contribution is -1.70. The quantitative estimate of drug-likeness (QED) is 0.730. The number of aromatic amines is 1. The Morgan fingerprint density at radius 1 is 1.19 bits per heavy atom. The van der Waals surface area contributed by atoms with Gasteiger partial charge in [0, 0.05) is 11.2 Å². The number of nitrogens with one attached hydrogen (secondary N) is 1. The van der Waals surface area contributed by atoms with Crippen molar-refractivity contribution < 1.29 is 0 Å². The van der Waals surface area contributed by atoms with Crippen LogP contribution in [0.2, 0.25) is 0 Å². The van der Waals surface area contributed by atoms with Crippen molar-refractivity contribution >= 4 is 34.8 Å². The second kappa shape index (κ2) is 3.90. The molecule has 78 valence electrons. The van der Waals surface area contributed by atoms with Crippen molar-refractivity contribution in [3.05, 3.63) is 47.9 Å². The molecule has 16 heavy (non-hydrogen) atoms. The molecular formula is C12H9N3S. The molecule has 1 N–H and O–H groups in total. The third-order valence-electron chi connectivity index (χ3n) is 2.36. The minimum Gasteiger partial charge on any atom is -0.355 e. The van der Waals surface area contributed by atoms with Gasteiger partial charge in [0.1, 0.15) is 0 Å². The number of para-hydroxylation sites is 1. The average Bonchev–Trinajstić information content (AvgIpc) is 2.95. The van der Waals surface area contributed by atoms with Gasteiger partial charge in [0.25, 0.3) is 0 Å². The molecule has 0 atom stereocenters. The van der Waals surface area contributed by atoms with E-state index in [1.54, 1.807) is 6.20 Å². The molecule has 1 aromatic carbocycles. The number of rotatable bonds is 2. The van der Waals surface area contributed by atoms with Gasteiger partial charge in [0.2, 0.25) is 0 Å². The Bertz CT molecular complexity index is 590. The molecule has 3 aromatic rings. The summed E-state index contributed by atoms with van der Waals surface area (Å²) in [5.41, 5.74) is 3.12. The summed E-state index contributed by atoms with van der Waals surface area (Å²) in [6.07, 6.45) is 5.72. The molecule has 0 saturated carbocycles. The van der Waals surface area contributed by atoms with Crippen molar-refractivity contribution in [3.63, 3.8) is 0 Å². The summed E-state index contributed by atoms with van der Waals surface area (Å²) in [5, 5.41) is 1.22. The summed E-state index contributed by atoms with van der Waals surface area (Å²) >= 11 is 1.22. The van der Waals surface area contributed by atoms with Gasteiger partial charge < -0.3 is 4.98 Å². The first-order chi connectivity index (χ1) is 7.92. The van der Waals surface area contributed by atoms with Crippen molar-refractivity contribution in [2.75, 3.05) is 0 Å². The van der Waals surface area contributed by atoms with Gasteiger partial charge in [-0.1, -0.05) is 18.2 Å². The lowest BCUT2D eigenvalue weighted by atomic mass is 10.2. The monoisotopic (exact) mass is 227 g/mol. The second-order valence-corrected chi connectivity index (χ2v) is 4.03. The number of hydrogen-bond acceptors (Lipinski definition) is 3. The standard InChI is InChI=1S/C12H9N3S/c1-2-4-12-9(3-1)7-10(14-12)5-6-11-8-13-16-15-11/h1-8,14H/b6-5+. The zero-order valence-corrected chi connectivity index (χ0v) is 9.24. The summed E-state index contributed by atoms with van der Waals surface area (Å²) in [6.45, 7) is 0. The van der Waals surface area contributed by atoms with Gasteiger partial charge in [-0.15, -0.1) is 0 Å². The van der Waals surface area contributed by atoms with E-state index < -0.39 is 0 Å². The van der Waals surface area contributed by atoms with Gasteiger partial charge in [-0.2, -0.15) is 8.75 Å². The van der Waals surface area contributed by atoms with Crippen molar-refractivity contribution in [1.29, 1.82) is 0 Å². The van der Waals surface area contributed by atoms with Gasteiger partial charge in [0.15, 0.2) is 0 Å². The molecule has 3 nitrogen and oxygen atoms in total. The summed E-state index contributed by atoms with van der Waals surface area (Å²) in [5.74, 6) is 0. The van der Waals surface area contributed by atoms with Crippen molar-refractivity contribution in [1.82, 2.24) is 13.7 Å². The zero-order chi connectivity index (χ0) is 10.8. The summed E-state index contributed by atoms with van der Waals surface area (Å²) in [7, 11) is 0. The van der Waals surface area contributed by atoms with E-state index in [9.17, 15) is 0 Å². The van der Waals surface area contributed by atoms with E-state index in [2.05, 4.69) is 31.9 Å². The van der Waals surface area contributed by atoms with Crippen LogP contribution in [0.15, 0.2) is 36.5 Å². The summed E-state index contributed by atoms with van der Waals surface area (Å²) in [6, 6.07) is 10.3. The molecule has 0 aliphatic heterocycles. The molecule has 2 heterocycles. The summed E-state index contributed by atoms with van der Waals surface area (Å²) in [4.78, 5) is 3.33. The summed E-state index contributed by atoms with van der Waals surface area (Å²) < 4.78 is 8.06. The smallest absolute Gasteiger partial charge is 0.0970 e. The van der Waals surface area contributed by atoms with Gasteiger partial charge in [-0.05, 0) is 29.7 Å². The molecule has 2 aromatic heterocycles. The fourth-order valence-electron chi connectivity index (χ4n) is 1.61. The molecule has 0 amide bonds. The van der Waals surface area contributed by atoms with Crippen LogP contribution in [-0.2, 0) is 0 Å². The van der Waals surface area contributed by atoms with E-state index in [0.29, 0.717) is 0 Å². The van der Waals surface area contributed by atoms with E-state index in [1.165, 1.54) is 17.1 Å². The minimum atomic E-state index is 0.892. The molecule has 3 rings (SSSR count). The van der Waals surface area contributed by atoms with Crippen LogP contribution in [0.3, 0.4) is 0 Å². The lowest BCUT2D eigenvalue weighted by molar-refractivity contribution is 1.43. The van der Waals surface area contributed by atoms with Crippen molar-refractivity contribution in [2.45, 2.75) is 0 Å². The highest BCUT2D eigenvalue weighted by atomic mass is 32.1. The maximum absolute atomic E-state index is 4.12. The lowest BCUT2D eigenvalue weighted by Gasteiger charge is -1.84. The molecule has 0 aliphatic carbocycles. The first-order valence-electron chi connectivity index (χ1n) is 4.95. The Labute approximate surface area is 96.8 Å². The third kappa shape index (κ3) is 1.75. The molecule has 0 radical (unpaired) electrons. The number of fused-ring (bicyclic) bond motifs is 1. The Hall–Kier alpha value is -1.94. The van der Waals surface area contributed by atoms with Gasteiger partial charge in [0.05, 0.1) is 23.6 Å². The topological polar surface area (TPSA) is 41.6 Å². The fraction of sp³-hybridized carbons (Fsp3) is 0.